The molecule has 9 nitrogen and oxygen atoms in total. The van der Waals surface area contributed by atoms with Crippen LogP contribution in [0.25, 0.3) is 11.3 Å². The smallest absolute Gasteiger partial charge is 0.287 e. The summed E-state index contributed by atoms with van der Waals surface area (Å²) in [6, 6.07) is 16.9. The first kappa shape index (κ1) is 27.9. The SMILES string of the molecule is C=Nc1ccccc1/C(=N\CNC1CCC(CNC(=O)c2ccc(-c3ccc(C)cc3N=O)o2)CC1)N(C)C. The van der Waals surface area contributed by atoms with Crippen molar-refractivity contribution in [2.75, 3.05) is 27.3 Å². The van der Waals surface area contributed by atoms with Crippen molar-refractivity contribution >= 4 is 29.8 Å². The van der Waals surface area contributed by atoms with Gasteiger partial charge in [-0.3, -0.25) is 20.1 Å². The predicted molar refractivity (Wildman–Crippen MR) is 156 cm³/mol. The Morgan fingerprint density at radius 2 is 1.82 bits per heavy atom. The Morgan fingerprint density at radius 3 is 2.54 bits per heavy atom. The number of amides is 1. The second-order valence-corrected chi connectivity index (χ2v) is 10.1. The Labute approximate surface area is 229 Å². The molecule has 1 aliphatic carbocycles. The summed E-state index contributed by atoms with van der Waals surface area (Å²) in [5.74, 6) is 1.69. The van der Waals surface area contributed by atoms with E-state index in [-0.39, 0.29) is 11.7 Å². The third kappa shape index (κ3) is 7.06. The van der Waals surface area contributed by atoms with Crippen molar-refractivity contribution in [1.82, 2.24) is 15.5 Å². The molecular formula is C30H36N6O3. The van der Waals surface area contributed by atoms with E-state index in [1.54, 1.807) is 24.3 Å². The molecule has 1 saturated carbocycles. The van der Waals surface area contributed by atoms with Crippen LogP contribution in [0.2, 0.25) is 0 Å². The number of nitrogens with zero attached hydrogens (tertiary/aromatic N) is 4. The highest BCUT2D eigenvalue weighted by molar-refractivity contribution is 6.02. The van der Waals surface area contributed by atoms with Crippen molar-refractivity contribution in [3.63, 3.8) is 0 Å². The zero-order valence-electron chi connectivity index (χ0n) is 22.8. The number of benzene rings is 2. The number of carbonyl (C=O) groups is 1. The monoisotopic (exact) mass is 528 g/mol. The van der Waals surface area contributed by atoms with E-state index in [0.717, 1.165) is 48.3 Å². The van der Waals surface area contributed by atoms with Crippen molar-refractivity contribution in [3.8, 4) is 11.3 Å². The largest absolute Gasteiger partial charge is 0.451 e. The minimum Gasteiger partial charge on any atom is -0.451 e. The molecule has 204 valence electrons. The highest BCUT2D eigenvalue weighted by Crippen LogP contribution is 2.32. The second-order valence-electron chi connectivity index (χ2n) is 10.1. The van der Waals surface area contributed by atoms with Gasteiger partial charge in [-0.25, -0.2) is 0 Å². The van der Waals surface area contributed by atoms with Gasteiger partial charge in [0.05, 0.1) is 12.4 Å². The number of aliphatic imine (C=N–C) groups is 2. The molecule has 0 saturated heterocycles. The fraction of sp³-hybridized carbons (Fsp3) is 0.367. The number of aryl methyl sites for hydroxylation is 1. The number of amidine groups is 1. The van der Waals surface area contributed by atoms with E-state index in [4.69, 9.17) is 9.41 Å². The number of nitroso groups, excluding NO2 is 1. The number of rotatable bonds is 10. The molecule has 0 spiro atoms. The molecule has 3 aromatic rings. The lowest BCUT2D eigenvalue weighted by Crippen LogP contribution is -2.37. The van der Waals surface area contributed by atoms with Crippen LogP contribution >= 0.6 is 0 Å². The lowest BCUT2D eigenvalue weighted by molar-refractivity contribution is 0.0915. The summed E-state index contributed by atoms with van der Waals surface area (Å²) in [4.78, 5) is 34.8. The molecule has 1 aromatic heterocycles. The first-order chi connectivity index (χ1) is 18.9. The maximum absolute atomic E-state index is 12.7. The van der Waals surface area contributed by atoms with Crippen molar-refractivity contribution in [3.05, 3.63) is 76.4 Å². The third-order valence-electron chi connectivity index (χ3n) is 7.09. The van der Waals surface area contributed by atoms with Crippen LogP contribution in [0.15, 0.2) is 74.2 Å². The minimum absolute atomic E-state index is 0.223. The molecule has 0 radical (unpaired) electrons. The first-order valence-corrected chi connectivity index (χ1v) is 13.2. The summed E-state index contributed by atoms with van der Waals surface area (Å²) in [7, 11) is 3.95. The van der Waals surface area contributed by atoms with Gasteiger partial charge in [0.15, 0.2) is 5.76 Å². The molecule has 1 fully saturated rings. The van der Waals surface area contributed by atoms with Gasteiger partial charge in [-0.1, -0.05) is 18.2 Å². The quantitative estimate of drug-likeness (QED) is 0.195. The van der Waals surface area contributed by atoms with Crippen molar-refractivity contribution in [2.45, 2.75) is 38.6 Å². The zero-order chi connectivity index (χ0) is 27.8. The van der Waals surface area contributed by atoms with Crippen molar-refractivity contribution in [1.29, 1.82) is 0 Å². The molecule has 0 atom stereocenters. The molecule has 1 amide bonds. The standard InChI is InChI=1S/C30H36N6O3/c1-20-9-14-23(26(17-20)35-38)27-15-16-28(39-27)30(37)32-18-21-10-12-22(13-11-21)33-19-34-29(36(3)4)24-7-5-6-8-25(24)31-2/h5-9,14-17,21-22,33H,2,10-13,18-19H2,1,3-4H3,(H,32,37)/b34-29+. The van der Waals surface area contributed by atoms with Gasteiger partial charge in [0, 0.05) is 37.8 Å². The van der Waals surface area contributed by atoms with Crippen LogP contribution < -0.4 is 10.6 Å². The van der Waals surface area contributed by atoms with Crippen LogP contribution in [0.3, 0.4) is 0 Å². The predicted octanol–water partition coefficient (Wildman–Crippen LogP) is 5.83. The fourth-order valence-electron chi connectivity index (χ4n) is 4.94. The Hall–Kier alpha value is -4.11. The van der Waals surface area contributed by atoms with Gasteiger partial charge < -0.3 is 14.6 Å². The van der Waals surface area contributed by atoms with Gasteiger partial charge in [0.25, 0.3) is 5.91 Å². The molecule has 0 unspecified atom stereocenters. The van der Waals surface area contributed by atoms with Gasteiger partial charge in [0.1, 0.15) is 17.3 Å². The Bertz CT molecular complexity index is 1340. The molecule has 0 bridgehead atoms. The topological polar surface area (TPSA) is 112 Å². The van der Waals surface area contributed by atoms with Crippen LogP contribution in [-0.4, -0.2) is 56.7 Å². The summed E-state index contributed by atoms with van der Waals surface area (Å²) in [5, 5.41) is 9.66. The number of carbonyl (C=O) groups excluding carboxylic acids is 1. The Kier molecular flexibility index (Phi) is 9.38. The number of hydrogen-bond donors (Lipinski definition) is 2. The molecule has 4 rings (SSSR count). The number of furan rings is 1. The summed E-state index contributed by atoms with van der Waals surface area (Å²) < 4.78 is 5.75. The third-order valence-corrected chi connectivity index (χ3v) is 7.09. The minimum atomic E-state index is -0.255. The lowest BCUT2D eigenvalue weighted by atomic mass is 9.86. The normalized spacial score (nSPS) is 17.5. The van der Waals surface area contributed by atoms with Gasteiger partial charge in [0.2, 0.25) is 0 Å². The summed E-state index contributed by atoms with van der Waals surface area (Å²) >= 11 is 0. The summed E-state index contributed by atoms with van der Waals surface area (Å²) in [6.45, 7) is 6.69. The van der Waals surface area contributed by atoms with E-state index < -0.39 is 0 Å². The van der Waals surface area contributed by atoms with E-state index >= 15 is 0 Å². The van der Waals surface area contributed by atoms with Crippen LogP contribution in [0.4, 0.5) is 11.4 Å². The van der Waals surface area contributed by atoms with Crippen molar-refractivity contribution < 1.29 is 9.21 Å². The average Bonchev–Trinajstić information content (AvgIpc) is 3.44. The molecule has 1 aliphatic rings. The lowest BCUT2D eigenvalue weighted by Gasteiger charge is -2.29. The van der Waals surface area contributed by atoms with Crippen LogP contribution in [0, 0.1) is 17.7 Å². The van der Waals surface area contributed by atoms with Crippen LogP contribution in [0.1, 0.15) is 47.4 Å². The Balaban J connectivity index is 1.24. The zero-order valence-corrected chi connectivity index (χ0v) is 22.8. The molecular weight excluding hydrogens is 492 g/mol. The highest BCUT2D eigenvalue weighted by atomic mass is 16.4. The molecule has 39 heavy (non-hydrogen) atoms. The van der Waals surface area contributed by atoms with Crippen LogP contribution in [0.5, 0.6) is 0 Å². The van der Waals surface area contributed by atoms with Gasteiger partial charge >= 0.3 is 0 Å². The van der Waals surface area contributed by atoms with E-state index in [9.17, 15) is 9.70 Å². The van der Waals surface area contributed by atoms with E-state index in [1.807, 2.05) is 56.3 Å². The van der Waals surface area contributed by atoms with E-state index in [1.165, 1.54) is 0 Å². The molecule has 0 aliphatic heterocycles. The molecule has 1 heterocycles. The van der Waals surface area contributed by atoms with Gasteiger partial charge in [-0.2, -0.15) is 0 Å². The van der Waals surface area contributed by atoms with Gasteiger partial charge in [-0.05, 0) is 92.4 Å². The average molecular weight is 529 g/mol. The van der Waals surface area contributed by atoms with Gasteiger partial charge in [-0.15, -0.1) is 4.91 Å². The summed E-state index contributed by atoms with van der Waals surface area (Å²) in [5.41, 5.74) is 3.58. The number of para-hydroxylation sites is 1. The number of hydrogen-bond acceptors (Lipinski definition) is 7. The van der Waals surface area contributed by atoms with Crippen molar-refractivity contribution in [2.24, 2.45) is 21.1 Å². The van der Waals surface area contributed by atoms with E-state index in [2.05, 4.69) is 27.5 Å². The van der Waals surface area contributed by atoms with Crippen LogP contribution in [-0.2, 0) is 0 Å². The fourth-order valence-corrected chi connectivity index (χ4v) is 4.94. The highest BCUT2D eigenvalue weighted by Gasteiger charge is 2.22. The summed E-state index contributed by atoms with van der Waals surface area (Å²) in [6.07, 6.45) is 4.09. The molecule has 9 heteroatoms. The number of nitrogens with one attached hydrogen (secondary N) is 2. The maximum Gasteiger partial charge on any atom is 0.287 e. The Morgan fingerprint density at radius 1 is 1.05 bits per heavy atom. The maximum atomic E-state index is 12.7. The molecule has 2 aromatic carbocycles. The van der Waals surface area contributed by atoms with E-state index in [0.29, 0.717) is 42.2 Å². The first-order valence-electron chi connectivity index (χ1n) is 13.2. The molecule has 2 N–H and O–H groups in total. The second kappa shape index (κ2) is 13.1.